The van der Waals surface area contributed by atoms with Crippen LogP contribution in [0, 0.1) is 0 Å². The molecule has 0 saturated heterocycles. The molecule has 9 heteroatoms. The lowest BCUT2D eigenvalue weighted by Crippen LogP contribution is -2.27. The number of halogens is 1. The number of hydrogen-bond acceptors (Lipinski definition) is 5. The van der Waals surface area contributed by atoms with Crippen LogP contribution in [0.5, 0.6) is 0 Å². The number of ether oxygens (including phenoxy) is 1. The first-order valence-corrected chi connectivity index (χ1v) is 9.16. The Hall–Kier alpha value is -2.32. The molecule has 0 spiro atoms. The van der Waals surface area contributed by atoms with Crippen molar-refractivity contribution in [1.82, 2.24) is 4.98 Å². The first kappa shape index (κ1) is 19.0. The lowest BCUT2D eigenvalue weighted by Gasteiger charge is -2.19. The molecule has 2 rings (SSSR count). The van der Waals surface area contributed by atoms with E-state index in [2.05, 4.69) is 15.0 Å². The highest BCUT2D eigenvalue weighted by Gasteiger charge is 2.17. The summed E-state index contributed by atoms with van der Waals surface area (Å²) in [6.07, 6.45) is 0.580. The number of amides is 1. The van der Waals surface area contributed by atoms with E-state index in [1.807, 2.05) is 0 Å². The molecular weight excluding hydrogens is 366 g/mol. The molecule has 0 aliphatic carbocycles. The van der Waals surface area contributed by atoms with Gasteiger partial charge in [0.25, 0.3) is 10.0 Å². The number of carbonyl (C=O) groups is 1. The summed E-state index contributed by atoms with van der Waals surface area (Å²) in [5.41, 5.74) is 0.210. The fourth-order valence-electron chi connectivity index (χ4n) is 1.78. The van der Waals surface area contributed by atoms with Crippen molar-refractivity contribution in [2.75, 3.05) is 10.0 Å². The molecule has 0 unspecified atom stereocenters. The van der Waals surface area contributed by atoms with Crippen molar-refractivity contribution in [3.63, 3.8) is 0 Å². The molecule has 0 saturated carbocycles. The molecule has 2 aromatic rings. The molecule has 7 nitrogen and oxygen atoms in total. The number of nitrogens with one attached hydrogen (secondary N) is 2. The van der Waals surface area contributed by atoms with Crippen molar-refractivity contribution in [3.8, 4) is 0 Å². The van der Waals surface area contributed by atoms with Gasteiger partial charge in [0.05, 0.1) is 0 Å². The van der Waals surface area contributed by atoms with E-state index in [0.29, 0.717) is 11.4 Å². The van der Waals surface area contributed by atoms with Crippen LogP contribution in [-0.4, -0.2) is 25.1 Å². The number of benzene rings is 1. The lowest BCUT2D eigenvalue weighted by atomic mass is 10.2. The average Bonchev–Trinajstić information content (AvgIpc) is 2.47. The second-order valence-corrected chi connectivity index (χ2v) is 8.20. The Bertz CT molecular complexity index is 844. The fourth-order valence-corrected chi connectivity index (χ4v) is 2.89. The van der Waals surface area contributed by atoms with Crippen molar-refractivity contribution in [2.45, 2.75) is 31.3 Å². The molecule has 1 heterocycles. The number of carbonyl (C=O) groups excluding carboxylic acids is 1. The largest absolute Gasteiger partial charge is 0.444 e. The summed E-state index contributed by atoms with van der Waals surface area (Å²) in [5.74, 6) is 0. The van der Waals surface area contributed by atoms with Gasteiger partial charge in [0.15, 0.2) is 0 Å². The van der Waals surface area contributed by atoms with E-state index in [1.54, 1.807) is 32.9 Å². The van der Waals surface area contributed by atoms with Crippen LogP contribution >= 0.6 is 11.6 Å². The lowest BCUT2D eigenvalue weighted by molar-refractivity contribution is 0.0636. The Morgan fingerprint density at radius 3 is 2.20 bits per heavy atom. The van der Waals surface area contributed by atoms with Gasteiger partial charge in [-0.1, -0.05) is 11.6 Å². The van der Waals surface area contributed by atoms with Crippen molar-refractivity contribution in [3.05, 3.63) is 47.7 Å². The summed E-state index contributed by atoms with van der Waals surface area (Å²) in [6, 6.07) is 8.91. The maximum atomic E-state index is 12.2. The zero-order valence-corrected chi connectivity index (χ0v) is 15.5. The van der Waals surface area contributed by atoms with Crippen LogP contribution in [-0.2, 0) is 14.8 Å². The van der Waals surface area contributed by atoms with Gasteiger partial charge in [-0.05, 0) is 57.2 Å². The quantitative estimate of drug-likeness (QED) is 0.780. The Morgan fingerprint density at radius 2 is 1.68 bits per heavy atom. The summed E-state index contributed by atoms with van der Waals surface area (Å²) >= 11 is 5.65. The van der Waals surface area contributed by atoms with Gasteiger partial charge < -0.3 is 4.74 Å². The number of hydrogen-bond donors (Lipinski definition) is 2. The molecule has 0 aliphatic rings. The third-order valence-corrected chi connectivity index (χ3v) is 4.38. The third kappa shape index (κ3) is 5.91. The number of rotatable bonds is 4. The molecule has 0 bridgehead atoms. The highest BCUT2D eigenvalue weighted by Crippen LogP contribution is 2.19. The van der Waals surface area contributed by atoms with Crippen LogP contribution in [0.25, 0.3) is 0 Å². The maximum Gasteiger partial charge on any atom is 0.412 e. The second kappa shape index (κ2) is 7.28. The predicted molar refractivity (Wildman–Crippen MR) is 96.4 cm³/mol. The molecule has 0 fully saturated rings. The number of aromatic nitrogens is 1. The van der Waals surface area contributed by atoms with E-state index in [0.717, 1.165) is 0 Å². The molecule has 1 aromatic carbocycles. The van der Waals surface area contributed by atoms with Crippen LogP contribution in [0.15, 0.2) is 47.5 Å². The van der Waals surface area contributed by atoms with Gasteiger partial charge in [0.1, 0.15) is 15.6 Å². The van der Waals surface area contributed by atoms with Crippen molar-refractivity contribution in [2.24, 2.45) is 0 Å². The molecule has 25 heavy (non-hydrogen) atoms. The van der Waals surface area contributed by atoms with Gasteiger partial charge >= 0.3 is 6.09 Å². The first-order chi connectivity index (χ1) is 11.5. The highest BCUT2D eigenvalue weighted by molar-refractivity contribution is 7.92. The average molecular weight is 384 g/mol. The highest BCUT2D eigenvalue weighted by atomic mass is 35.5. The number of anilines is 2. The van der Waals surface area contributed by atoms with Crippen LogP contribution in [0.2, 0.25) is 5.15 Å². The summed E-state index contributed by atoms with van der Waals surface area (Å²) in [7, 11) is -3.77. The Balaban J connectivity index is 2.05. The van der Waals surface area contributed by atoms with Crippen LogP contribution in [0.3, 0.4) is 0 Å². The zero-order valence-electron chi connectivity index (χ0n) is 13.9. The van der Waals surface area contributed by atoms with E-state index >= 15 is 0 Å². The second-order valence-electron chi connectivity index (χ2n) is 6.13. The minimum Gasteiger partial charge on any atom is -0.444 e. The topological polar surface area (TPSA) is 97.4 Å². The molecule has 1 aromatic heterocycles. The summed E-state index contributed by atoms with van der Waals surface area (Å²) < 4.78 is 32.1. The first-order valence-electron chi connectivity index (χ1n) is 7.30. The molecule has 134 valence electrons. The monoisotopic (exact) mass is 383 g/mol. The number of pyridine rings is 1. The van der Waals surface area contributed by atoms with Crippen LogP contribution in [0.4, 0.5) is 16.2 Å². The van der Waals surface area contributed by atoms with Crippen molar-refractivity contribution >= 4 is 39.1 Å². The van der Waals surface area contributed by atoms with Gasteiger partial charge in [-0.2, -0.15) is 0 Å². The predicted octanol–water partition coefficient (Wildman–Crippen LogP) is 3.88. The van der Waals surface area contributed by atoms with E-state index in [4.69, 9.17) is 16.3 Å². The molecule has 1 amide bonds. The molecular formula is C16H18ClN3O4S. The van der Waals surface area contributed by atoms with E-state index in [9.17, 15) is 13.2 Å². The van der Waals surface area contributed by atoms with E-state index < -0.39 is 21.7 Å². The molecule has 0 aliphatic heterocycles. The van der Waals surface area contributed by atoms with Crippen LogP contribution < -0.4 is 10.0 Å². The van der Waals surface area contributed by atoms with Gasteiger partial charge in [0, 0.05) is 17.6 Å². The van der Waals surface area contributed by atoms with Gasteiger partial charge in [0.2, 0.25) is 0 Å². The Kier molecular flexibility index (Phi) is 5.54. The number of sulfonamides is 1. The maximum absolute atomic E-state index is 12.2. The standard InChI is InChI=1S/C16H18ClN3O4S/c1-16(2,3)24-15(21)19-11-4-6-12(7-5-11)20-25(22,23)13-8-9-14(17)18-10-13/h4-10,20H,1-3H3,(H,19,21). The van der Waals surface area contributed by atoms with E-state index in [-0.39, 0.29) is 10.0 Å². The smallest absolute Gasteiger partial charge is 0.412 e. The summed E-state index contributed by atoms with van der Waals surface area (Å²) in [6.45, 7) is 5.28. The Morgan fingerprint density at radius 1 is 1.08 bits per heavy atom. The zero-order chi connectivity index (χ0) is 18.7. The number of nitrogens with zero attached hydrogens (tertiary/aromatic N) is 1. The van der Waals surface area contributed by atoms with Crippen molar-refractivity contribution in [1.29, 1.82) is 0 Å². The molecule has 0 radical (unpaired) electrons. The van der Waals surface area contributed by atoms with Gasteiger partial charge in [-0.15, -0.1) is 0 Å². The Labute approximate surface area is 151 Å². The summed E-state index contributed by atoms with van der Waals surface area (Å²) in [5, 5.41) is 2.77. The minimum absolute atomic E-state index is 0.00661. The normalized spacial score (nSPS) is 11.7. The van der Waals surface area contributed by atoms with Gasteiger partial charge in [-0.3, -0.25) is 10.0 Å². The fraction of sp³-hybridized carbons (Fsp3) is 0.250. The SMILES string of the molecule is CC(C)(C)OC(=O)Nc1ccc(NS(=O)(=O)c2ccc(Cl)nc2)cc1. The summed E-state index contributed by atoms with van der Waals surface area (Å²) in [4.78, 5) is 15.4. The van der Waals surface area contributed by atoms with Crippen molar-refractivity contribution < 1.29 is 17.9 Å². The van der Waals surface area contributed by atoms with Gasteiger partial charge in [-0.25, -0.2) is 18.2 Å². The minimum atomic E-state index is -3.77. The van der Waals surface area contributed by atoms with Crippen LogP contribution in [0.1, 0.15) is 20.8 Å². The van der Waals surface area contributed by atoms with E-state index in [1.165, 1.54) is 30.5 Å². The third-order valence-electron chi connectivity index (χ3n) is 2.79. The molecule has 2 N–H and O–H groups in total. The molecule has 0 atom stereocenters.